The molecule has 5 nitrogen and oxygen atoms in total. The van der Waals surface area contributed by atoms with Crippen molar-refractivity contribution >= 4 is 39.3 Å². The normalized spacial score (nSPS) is 13.5. The molecule has 10 aromatic rings. The number of anilines is 3. The Kier molecular flexibility index (Phi) is 6.48. The van der Waals surface area contributed by atoms with Gasteiger partial charge in [0.2, 0.25) is 11.8 Å². The Morgan fingerprint density at radius 2 is 0.875 bits per heavy atom. The Labute approximate surface area is 322 Å². The van der Waals surface area contributed by atoms with Crippen molar-refractivity contribution in [2.45, 2.75) is 5.41 Å². The Morgan fingerprint density at radius 1 is 0.375 bits per heavy atom. The summed E-state index contributed by atoms with van der Waals surface area (Å²) in [6.07, 6.45) is 0. The molecule has 1 spiro atoms. The van der Waals surface area contributed by atoms with Crippen LogP contribution in [0.25, 0.3) is 67.4 Å². The van der Waals surface area contributed by atoms with Gasteiger partial charge in [-0.25, -0.2) is 9.97 Å². The molecule has 2 aliphatic rings. The summed E-state index contributed by atoms with van der Waals surface area (Å²) < 4.78 is 12.7. The Morgan fingerprint density at radius 3 is 1.50 bits per heavy atom. The fourth-order valence-electron chi connectivity index (χ4n) is 9.18. The monoisotopic (exact) mass is 717 g/mol. The largest absolute Gasteiger partial charge is 0.436 e. The van der Waals surface area contributed by atoms with Crippen molar-refractivity contribution in [1.82, 2.24) is 9.97 Å². The van der Waals surface area contributed by atoms with E-state index < -0.39 is 5.41 Å². The maximum absolute atomic E-state index is 6.33. The Hall–Kier alpha value is -7.50. The molecule has 3 heterocycles. The topological polar surface area (TPSA) is 55.3 Å². The van der Waals surface area contributed by atoms with Crippen LogP contribution in [0, 0.1) is 0 Å². The van der Waals surface area contributed by atoms with Gasteiger partial charge in [0.1, 0.15) is 11.0 Å². The highest BCUT2D eigenvalue weighted by atomic mass is 16.4. The van der Waals surface area contributed by atoms with Gasteiger partial charge in [-0.3, -0.25) is 0 Å². The maximum atomic E-state index is 6.33. The lowest BCUT2D eigenvalue weighted by Gasteiger charge is -2.45. The average Bonchev–Trinajstić information content (AvgIpc) is 3.98. The maximum Gasteiger partial charge on any atom is 0.227 e. The quantitative estimate of drug-likeness (QED) is 0.181. The molecule has 0 bridgehead atoms. The van der Waals surface area contributed by atoms with Crippen molar-refractivity contribution in [3.05, 3.63) is 210 Å². The first kappa shape index (κ1) is 30.9. The van der Waals surface area contributed by atoms with E-state index in [-0.39, 0.29) is 0 Å². The molecule has 0 N–H and O–H groups in total. The number of rotatable bonds is 4. The summed E-state index contributed by atoms with van der Waals surface area (Å²) in [5.74, 6) is 1.10. The predicted octanol–water partition coefficient (Wildman–Crippen LogP) is 13.1. The summed E-state index contributed by atoms with van der Waals surface area (Å²) in [5.41, 5.74) is 17.4. The van der Waals surface area contributed by atoms with Gasteiger partial charge in [-0.05, 0) is 117 Å². The first-order valence-electron chi connectivity index (χ1n) is 18.9. The van der Waals surface area contributed by atoms with Crippen molar-refractivity contribution in [2.75, 3.05) is 4.90 Å². The van der Waals surface area contributed by atoms with Crippen molar-refractivity contribution in [3.8, 4) is 45.2 Å². The van der Waals surface area contributed by atoms with Crippen molar-refractivity contribution in [1.29, 1.82) is 0 Å². The molecule has 0 saturated carbocycles. The first-order chi connectivity index (χ1) is 27.7. The molecule has 8 aromatic carbocycles. The smallest absolute Gasteiger partial charge is 0.227 e. The number of aromatic nitrogens is 2. The fourth-order valence-corrected chi connectivity index (χ4v) is 9.18. The standard InChI is InChI=1S/C51H31N3O2/c1-2-14-36(15-3-1)54-45-22-10-6-18-41(45)51(42-19-7-11-23-46(42)54)39-17-5-4-16-37(39)38-31-32(26-27-40(38)51)33-28-34(49-52-43-20-8-12-24-47(43)55-49)30-35(29-33)50-53-44-21-9-13-25-48(44)56-50/h1-31H. The van der Waals surface area contributed by atoms with E-state index in [1.165, 1.54) is 44.8 Å². The highest BCUT2D eigenvalue weighted by molar-refractivity contribution is 5.97. The highest BCUT2D eigenvalue weighted by Gasteiger charge is 2.51. The van der Waals surface area contributed by atoms with Gasteiger partial charge in [0.25, 0.3) is 0 Å². The molecule has 56 heavy (non-hydrogen) atoms. The molecule has 0 unspecified atom stereocenters. The number of benzene rings is 8. The van der Waals surface area contributed by atoms with Gasteiger partial charge in [-0.15, -0.1) is 0 Å². The van der Waals surface area contributed by atoms with Crippen LogP contribution in [0.5, 0.6) is 0 Å². The van der Waals surface area contributed by atoms with Gasteiger partial charge in [-0.2, -0.15) is 0 Å². The molecule has 5 heteroatoms. The number of hydrogen-bond acceptors (Lipinski definition) is 5. The summed E-state index contributed by atoms with van der Waals surface area (Å²) in [7, 11) is 0. The summed E-state index contributed by atoms with van der Waals surface area (Å²) >= 11 is 0. The van der Waals surface area contributed by atoms with Gasteiger partial charge in [0.05, 0.1) is 16.8 Å². The zero-order valence-corrected chi connectivity index (χ0v) is 30.1. The first-order valence-corrected chi connectivity index (χ1v) is 18.9. The molecular weight excluding hydrogens is 687 g/mol. The second kappa shape index (κ2) is 11.7. The number of oxazole rings is 2. The fraction of sp³-hybridized carbons (Fsp3) is 0.0196. The van der Waals surface area contributed by atoms with Crippen LogP contribution in [0.1, 0.15) is 22.3 Å². The number of para-hydroxylation sites is 7. The average molecular weight is 718 g/mol. The molecular formula is C51H31N3O2. The summed E-state index contributed by atoms with van der Waals surface area (Å²) in [6.45, 7) is 0. The molecule has 0 radical (unpaired) electrons. The zero-order valence-electron chi connectivity index (χ0n) is 30.1. The third kappa shape index (κ3) is 4.37. The SMILES string of the molecule is c1ccc(N2c3ccccc3C3(c4ccccc4-c4cc(-c5cc(-c6nc7ccccc7o6)cc(-c6nc7ccccc7o6)c5)ccc43)c3ccccc32)cc1. The lowest BCUT2D eigenvalue weighted by atomic mass is 9.64. The van der Waals surface area contributed by atoms with Gasteiger partial charge in [-0.1, -0.05) is 115 Å². The highest BCUT2D eigenvalue weighted by Crippen LogP contribution is 2.63. The molecule has 0 atom stereocenters. The number of nitrogens with zero attached hydrogens (tertiary/aromatic N) is 3. The molecule has 0 amide bonds. The van der Waals surface area contributed by atoms with E-state index in [4.69, 9.17) is 18.8 Å². The third-order valence-corrected chi connectivity index (χ3v) is 11.5. The minimum Gasteiger partial charge on any atom is -0.436 e. The third-order valence-electron chi connectivity index (χ3n) is 11.5. The van der Waals surface area contributed by atoms with Crippen LogP contribution in [0.2, 0.25) is 0 Å². The van der Waals surface area contributed by atoms with Crippen LogP contribution in [0.3, 0.4) is 0 Å². The van der Waals surface area contributed by atoms with E-state index in [9.17, 15) is 0 Å². The molecule has 0 saturated heterocycles. The predicted molar refractivity (Wildman–Crippen MR) is 223 cm³/mol. The molecule has 1 aliphatic heterocycles. The van der Waals surface area contributed by atoms with E-state index in [0.717, 1.165) is 50.1 Å². The zero-order chi connectivity index (χ0) is 36.8. The van der Waals surface area contributed by atoms with E-state index in [0.29, 0.717) is 11.8 Å². The lowest BCUT2D eigenvalue weighted by molar-refractivity contribution is 0.617. The lowest BCUT2D eigenvalue weighted by Crippen LogP contribution is -2.36. The molecule has 2 aromatic heterocycles. The van der Waals surface area contributed by atoms with Crippen molar-refractivity contribution in [2.24, 2.45) is 0 Å². The van der Waals surface area contributed by atoms with E-state index in [1.807, 2.05) is 48.5 Å². The second-order valence-corrected chi connectivity index (χ2v) is 14.5. The number of hydrogen-bond donors (Lipinski definition) is 0. The van der Waals surface area contributed by atoms with Crippen LogP contribution in [0.15, 0.2) is 197 Å². The van der Waals surface area contributed by atoms with Crippen LogP contribution in [-0.2, 0) is 5.41 Å². The Balaban J connectivity index is 1.09. The van der Waals surface area contributed by atoms with Crippen molar-refractivity contribution in [3.63, 3.8) is 0 Å². The molecule has 262 valence electrons. The minimum absolute atomic E-state index is 0.522. The van der Waals surface area contributed by atoms with Crippen LogP contribution in [0.4, 0.5) is 17.1 Å². The van der Waals surface area contributed by atoms with Crippen LogP contribution >= 0.6 is 0 Å². The second-order valence-electron chi connectivity index (χ2n) is 14.5. The van der Waals surface area contributed by atoms with Gasteiger partial charge in [0, 0.05) is 16.8 Å². The van der Waals surface area contributed by atoms with Gasteiger partial charge < -0.3 is 13.7 Å². The van der Waals surface area contributed by atoms with Crippen LogP contribution in [-0.4, -0.2) is 9.97 Å². The number of fused-ring (bicyclic) bond motifs is 11. The van der Waals surface area contributed by atoms with Gasteiger partial charge in [0.15, 0.2) is 11.2 Å². The minimum atomic E-state index is -0.522. The van der Waals surface area contributed by atoms with E-state index >= 15 is 0 Å². The summed E-state index contributed by atoms with van der Waals surface area (Å²) in [4.78, 5) is 12.2. The van der Waals surface area contributed by atoms with E-state index in [2.05, 4.69) is 144 Å². The molecule has 12 rings (SSSR count). The molecule has 1 aliphatic carbocycles. The van der Waals surface area contributed by atoms with E-state index in [1.54, 1.807) is 0 Å². The summed E-state index contributed by atoms with van der Waals surface area (Å²) in [6, 6.07) is 66.6. The molecule has 0 fully saturated rings. The van der Waals surface area contributed by atoms with Gasteiger partial charge >= 0.3 is 0 Å². The summed E-state index contributed by atoms with van der Waals surface area (Å²) in [5, 5.41) is 0. The Bertz CT molecular complexity index is 2970. The van der Waals surface area contributed by atoms with Crippen molar-refractivity contribution < 1.29 is 8.83 Å². The van der Waals surface area contributed by atoms with Crippen LogP contribution < -0.4 is 4.90 Å².